The molecule has 0 fully saturated rings. The fraction of sp³-hybridized carbons (Fsp3) is 0.0154. The number of nitrogens with zero attached hydrogens (tertiary/aromatic N) is 2. The summed E-state index contributed by atoms with van der Waals surface area (Å²) in [6, 6.07) is 84.7. The second-order valence-electron chi connectivity index (χ2n) is 18.0. The van der Waals surface area contributed by atoms with Crippen molar-refractivity contribution in [3.05, 3.63) is 265 Å². The van der Waals surface area contributed by atoms with Gasteiger partial charge in [-0.05, 0) is 74.8 Å². The molecule has 0 unspecified atom stereocenters. The van der Waals surface area contributed by atoms with Crippen LogP contribution in [0, 0.1) is 0 Å². The third-order valence-corrected chi connectivity index (χ3v) is 14.1. The Bertz CT molecular complexity index is 3940. The lowest BCUT2D eigenvalue weighted by molar-refractivity contribution is 0.360. The average molecular weight is 897 g/mol. The van der Waals surface area contributed by atoms with Crippen LogP contribution in [0.3, 0.4) is 0 Å². The van der Waals surface area contributed by atoms with Gasteiger partial charge in [0.2, 0.25) is 0 Å². The zero-order valence-corrected chi connectivity index (χ0v) is 37.7. The second-order valence-corrected chi connectivity index (χ2v) is 18.0. The molecule has 0 amide bonds. The molecule has 0 bridgehead atoms. The van der Waals surface area contributed by atoms with Crippen LogP contribution in [-0.2, 0) is 5.41 Å². The fourth-order valence-electron chi connectivity index (χ4n) is 10.8. The lowest BCUT2D eigenvalue weighted by atomic mass is 9.68. The highest BCUT2D eigenvalue weighted by atomic mass is 16.6. The van der Waals surface area contributed by atoms with Gasteiger partial charge in [-0.3, -0.25) is 0 Å². The number of aromatic nitrogens is 2. The Hall–Kier alpha value is -9.32. The van der Waals surface area contributed by atoms with Crippen molar-refractivity contribution >= 4 is 21.9 Å². The van der Waals surface area contributed by atoms with Gasteiger partial charge in [0.15, 0.2) is 28.8 Å². The smallest absolute Gasteiger partial charge is 0.178 e. The monoisotopic (exact) mass is 896 g/mol. The molecule has 1 aliphatic carbocycles. The minimum atomic E-state index is -0.529. The highest BCUT2D eigenvalue weighted by Gasteiger charge is 2.48. The van der Waals surface area contributed by atoms with Gasteiger partial charge in [-0.15, -0.1) is 0 Å². The number of rotatable bonds is 7. The van der Waals surface area contributed by atoms with E-state index in [1.807, 2.05) is 36.4 Å². The third-order valence-electron chi connectivity index (χ3n) is 14.1. The Morgan fingerprint density at radius 1 is 0.343 bits per heavy atom. The number of ether oxygens (including phenoxy) is 2. The summed E-state index contributed by atoms with van der Waals surface area (Å²) in [5.41, 5.74) is 17.1. The minimum Gasteiger partial charge on any atom is -0.455 e. The fourth-order valence-corrected chi connectivity index (χ4v) is 10.8. The highest BCUT2D eigenvalue weighted by Crippen LogP contribution is 2.62. The average Bonchev–Trinajstić information content (AvgIpc) is 3.98. The predicted octanol–water partition coefficient (Wildman–Crippen LogP) is 17.0. The summed E-state index contributed by atoms with van der Waals surface area (Å²) in [6.07, 6.45) is 0. The zero-order valence-electron chi connectivity index (χ0n) is 37.7. The van der Waals surface area contributed by atoms with Gasteiger partial charge in [0, 0.05) is 38.6 Å². The van der Waals surface area contributed by atoms with Crippen LogP contribution in [0.2, 0.25) is 0 Å². The second kappa shape index (κ2) is 15.9. The first-order chi connectivity index (χ1) is 34.7. The van der Waals surface area contributed by atoms with Crippen LogP contribution in [0.1, 0.15) is 22.3 Å². The van der Waals surface area contributed by atoms with Gasteiger partial charge in [0.1, 0.15) is 11.2 Å². The molecule has 5 nitrogen and oxygen atoms in total. The summed E-state index contributed by atoms with van der Waals surface area (Å²) in [7, 11) is 0. The van der Waals surface area contributed by atoms with E-state index in [9.17, 15) is 0 Å². The number of fused-ring (bicyclic) bond motifs is 9. The van der Waals surface area contributed by atoms with Crippen molar-refractivity contribution in [3.8, 4) is 90.3 Å². The molecular formula is C65H40N2O3. The SMILES string of the molecule is c1ccc(-c2cc(-c3ccc(-c4ccc5c(c4)Oc4ccc6c(c4O5)-c4ccccc4C6(c4ccccc4)c4ccccc4)cc3)nc(-c3ccc(-c4cccc5c4oc4ccccc45)cc3)n2)cc1. The van der Waals surface area contributed by atoms with Crippen molar-refractivity contribution in [1.29, 1.82) is 0 Å². The molecule has 2 aromatic heterocycles. The zero-order chi connectivity index (χ0) is 46.2. The first-order valence-corrected chi connectivity index (χ1v) is 23.6. The number of para-hydroxylation sites is 2. The minimum absolute atomic E-state index is 0.529. The molecule has 5 heteroatoms. The molecule has 2 aliphatic rings. The van der Waals surface area contributed by atoms with Crippen LogP contribution in [-0.4, -0.2) is 9.97 Å². The maximum atomic E-state index is 6.92. The predicted molar refractivity (Wildman–Crippen MR) is 280 cm³/mol. The molecule has 12 aromatic rings. The molecule has 70 heavy (non-hydrogen) atoms. The van der Waals surface area contributed by atoms with Crippen molar-refractivity contribution in [1.82, 2.24) is 9.97 Å². The van der Waals surface area contributed by atoms with Crippen molar-refractivity contribution < 1.29 is 13.9 Å². The Morgan fingerprint density at radius 2 is 0.914 bits per heavy atom. The molecule has 0 saturated carbocycles. The van der Waals surface area contributed by atoms with Gasteiger partial charge < -0.3 is 13.9 Å². The number of benzene rings is 10. The van der Waals surface area contributed by atoms with E-state index in [-0.39, 0.29) is 0 Å². The van der Waals surface area contributed by atoms with Crippen LogP contribution in [0.5, 0.6) is 23.0 Å². The maximum Gasteiger partial charge on any atom is 0.178 e. The van der Waals surface area contributed by atoms with E-state index in [4.69, 9.17) is 23.9 Å². The third kappa shape index (κ3) is 6.25. The van der Waals surface area contributed by atoms with Gasteiger partial charge in [0.25, 0.3) is 0 Å². The maximum absolute atomic E-state index is 6.92. The van der Waals surface area contributed by atoms with Crippen LogP contribution in [0.15, 0.2) is 247 Å². The van der Waals surface area contributed by atoms with Crippen LogP contribution < -0.4 is 9.47 Å². The highest BCUT2D eigenvalue weighted by molar-refractivity contribution is 6.09. The molecule has 0 atom stereocenters. The van der Waals surface area contributed by atoms with E-state index in [0.29, 0.717) is 23.1 Å². The van der Waals surface area contributed by atoms with Gasteiger partial charge in [0.05, 0.1) is 16.8 Å². The van der Waals surface area contributed by atoms with Crippen LogP contribution >= 0.6 is 0 Å². The summed E-state index contributed by atoms with van der Waals surface area (Å²) < 4.78 is 20.1. The van der Waals surface area contributed by atoms with E-state index in [1.54, 1.807) is 0 Å². The van der Waals surface area contributed by atoms with Crippen molar-refractivity contribution in [3.63, 3.8) is 0 Å². The lowest BCUT2D eigenvalue weighted by Crippen LogP contribution is -2.28. The van der Waals surface area contributed by atoms with Crippen LogP contribution in [0.4, 0.5) is 0 Å². The van der Waals surface area contributed by atoms with Gasteiger partial charge in [-0.2, -0.15) is 0 Å². The summed E-state index contributed by atoms with van der Waals surface area (Å²) in [5.74, 6) is 3.43. The Kier molecular flexibility index (Phi) is 9.04. The van der Waals surface area contributed by atoms with Gasteiger partial charge >= 0.3 is 0 Å². The standard InChI is InChI=1S/C65H40N2O3/c1-4-15-43(16-5-1)55-40-56(67-64(66-55)45-33-29-42(30-34-45)49-23-14-24-51-50-21-11-13-26-57(50)69-62(49)51)44-31-27-41(28-32-44)46-35-37-58-60(39-46)68-59-38-36-54-61(63(59)70-58)52-22-10-12-25-53(52)65(54,47-17-6-2-7-18-47)48-19-8-3-9-20-48/h1-40H. The largest absolute Gasteiger partial charge is 0.455 e. The quantitative estimate of drug-likeness (QED) is 0.160. The van der Waals surface area contributed by atoms with E-state index >= 15 is 0 Å². The van der Waals surface area contributed by atoms with Crippen LogP contribution in [0.25, 0.3) is 89.2 Å². The van der Waals surface area contributed by atoms with Gasteiger partial charge in [-0.25, -0.2) is 9.97 Å². The molecule has 10 aromatic carbocycles. The normalized spacial score (nSPS) is 12.9. The molecule has 0 spiro atoms. The van der Waals surface area contributed by atoms with Gasteiger partial charge in [-0.1, -0.05) is 212 Å². The number of hydrogen-bond acceptors (Lipinski definition) is 5. The van der Waals surface area contributed by atoms with Crippen molar-refractivity contribution in [2.75, 3.05) is 0 Å². The Balaban J connectivity index is 0.786. The summed E-state index contributed by atoms with van der Waals surface area (Å²) >= 11 is 0. The van der Waals surface area contributed by atoms with E-state index < -0.39 is 5.41 Å². The Labute approximate surface area is 404 Å². The molecule has 1 aliphatic heterocycles. The molecule has 0 saturated heterocycles. The number of hydrogen-bond donors (Lipinski definition) is 0. The molecule has 3 heterocycles. The van der Waals surface area contributed by atoms with Crippen molar-refractivity contribution in [2.45, 2.75) is 5.41 Å². The first kappa shape index (κ1) is 39.8. The molecular weight excluding hydrogens is 857 g/mol. The molecule has 328 valence electrons. The summed E-state index contributed by atoms with van der Waals surface area (Å²) in [5, 5.41) is 2.22. The van der Waals surface area contributed by atoms with E-state index in [0.717, 1.165) is 89.1 Å². The topological polar surface area (TPSA) is 57.4 Å². The summed E-state index contributed by atoms with van der Waals surface area (Å²) in [4.78, 5) is 10.3. The molecule has 0 N–H and O–H groups in total. The lowest BCUT2D eigenvalue weighted by Gasteiger charge is -2.34. The number of furan rings is 1. The van der Waals surface area contributed by atoms with E-state index in [2.05, 4.69) is 206 Å². The summed E-state index contributed by atoms with van der Waals surface area (Å²) in [6.45, 7) is 0. The van der Waals surface area contributed by atoms with Crippen molar-refractivity contribution in [2.24, 2.45) is 0 Å². The Morgan fingerprint density at radius 3 is 1.67 bits per heavy atom. The van der Waals surface area contributed by atoms with E-state index in [1.165, 1.54) is 22.3 Å². The first-order valence-electron chi connectivity index (χ1n) is 23.6. The molecule has 14 rings (SSSR count). The molecule has 0 radical (unpaired) electrons.